The molecule has 0 aliphatic heterocycles. The third-order valence-electron chi connectivity index (χ3n) is 3.15. The van der Waals surface area contributed by atoms with Gasteiger partial charge in [-0.15, -0.1) is 0 Å². The maximum atomic E-state index is 7.00. The van der Waals surface area contributed by atoms with Crippen LogP contribution in [0.15, 0.2) is 24.3 Å². The topological polar surface area (TPSA) is 23.5 Å². The number of aryl methyl sites for hydroxylation is 1. The Kier molecular flexibility index (Phi) is 10.5. The van der Waals surface area contributed by atoms with Crippen LogP contribution in [0.2, 0.25) is 0 Å². The van der Waals surface area contributed by atoms with Crippen LogP contribution in [0.5, 0.6) is 0 Å². The Morgan fingerprint density at radius 1 is 0.895 bits per heavy atom. The number of benzene rings is 1. The fraction of sp³-hybridized carbons (Fsp3) is 0.647. The number of rotatable bonds is 1. The zero-order chi connectivity index (χ0) is 14.7. The predicted octanol–water partition coefficient (Wildman–Crippen LogP) is 3.83. The van der Waals surface area contributed by atoms with Gasteiger partial charge in [0.2, 0.25) is 0 Å². The molecule has 0 atom stereocenters. The van der Waals surface area contributed by atoms with Gasteiger partial charge in [-0.2, -0.15) is 0 Å². The van der Waals surface area contributed by atoms with E-state index in [1.54, 1.807) is 5.56 Å². The van der Waals surface area contributed by atoms with E-state index in [9.17, 15) is 0 Å². The highest BCUT2D eigenvalue weighted by atomic mass is 16.2. The van der Waals surface area contributed by atoms with E-state index in [4.69, 9.17) is 5.11 Å². The summed E-state index contributed by atoms with van der Waals surface area (Å²) in [6.07, 6.45) is 7.12. The quantitative estimate of drug-likeness (QED) is 0.834. The first-order chi connectivity index (χ1) is 9.09. The number of hydrogen-bond donors (Lipinski definition) is 1. The van der Waals surface area contributed by atoms with Gasteiger partial charge in [-0.1, -0.05) is 49.1 Å². The summed E-state index contributed by atoms with van der Waals surface area (Å²) < 4.78 is 0. The van der Waals surface area contributed by atoms with Crippen molar-refractivity contribution in [3.05, 3.63) is 35.4 Å². The molecule has 1 saturated carbocycles. The minimum Gasteiger partial charge on any atom is -0.400 e. The molecule has 1 aliphatic carbocycles. The van der Waals surface area contributed by atoms with Gasteiger partial charge < -0.3 is 10.0 Å². The van der Waals surface area contributed by atoms with Crippen LogP contribution >= 0.6 is 0 Å². The van der Waals surface area contributed by atoms with E-state index in [0.29, 0.717) is 0 Å². The van der Waals surface area contributed by atoms with Crippen LogP contribution in [-0.2, 0) is 0 Å². The lowest BCUT2D eigenvalue weighted by Gasteiger charge is -2.21. The summed E-state index contributed by atoms with van der Waals surface area (Å²) in [4.78, 5) is 2.00. The fourth-order valence-electron chi connectivity index (χ4n) is 2.27. The van der Waals surface area contributed by atoms with Crippen molar-refractivity contribution in [2.75, 3.05) is 28.3 Å². The average molecular weight is 265 g/mol. The lowest BCUT2D eigenvalue weighted by atomic mass is 9.84. The SMILES string of the molecule is CN(C)C.CO.Cc1ccc(C2CCCCC2)cc1. The van der Waals surface area contributed by atoms with Crippen LogP contribution < -0.4 is 0 Å². The smallest absolute Gasteiger partial charge is 0.0319 e. The van der Waals surface area contributed by atoms with E-state index < -0.39 is 0 Å². The first-order valence-corrected chi connectivity index (χ1v) is 7.22. The first-order valence-electron chi connectivity index (χ1n) is 7.22. The minimum absolute atomic E-state index is 0.856. The molecule has 1 N–H and O–H groups in total. The van der Waals surface area contributed by atoms with Crippen molar-refractivity contribution < 1.29 is 5.11 Å². The molecule has 110 valence electrons. The van der Waals surface area contributed by atoms with Crippen LogP contribution in [0.4, 0.5) is 0 Å². The minimum atomic E-state index is 0.856. The van der Waals surface area contributed by atoms with Gasteiger partial charge >= 0.3 is 0 Å². The third-order valence-corrected chi connectivity index (χ3v) is 3.15. The first kappa shape index (κ1) is 18.1. The normalized spacial score (nSPS) is 15.1. The number of aliphatic hydroxyl groups is 1. The Morgan fingerprint density at radius 3 is 1.74 bits per heavy atom. The predicted molar refractivity (Wildman–Crippen MR) is 84.8 cm³/mol. The molecule has 2 rings (SSSR count). The van der Waals surface area contributed by atoms with Gasteiger partial charge in [0, 0.05) is 7.11 Å². The van der Waals surface area contributed by atoms with Crippen LogP contribution in [0.1, 0.15) is 49.1 Å². The van der Waals surface area contributed by atoms with Crippen molar-refractivity contribution in [1.29, 1.82) is 0 Å². The molecule has 1 aromatic carbocycles. The molecule has 0 radical (unpaired) electrons. The molecule has 0 bridgehead atoms. The molecular weight excluding hydrogens is 234 g/mol. The monoisotopic (exact) mass is 265 g/mol. The van der Waals surface area contributed by atoms with E-state index in [-0.39, 0.29) is 0 Å². The zero-order valence-corrected chi connectivity index (χ0v) is 13.3. The van der Waals surface area contributed by atoms with Crippen LogP contribution in [0.3, 0.4) is 0 Å². The standard InChI is InChI=1S/C13H18.C3H9N.CH4O/c1-11-7-9-13(10-8-11)12-5-3-2-4-6-12;1-4(2)3;1-2/h7-10,12H,2-6H2,1H3;1-3H3;2H,1H3. The highest BCUT2D eigenvalue weighted by Crippen LogP contribution is 2.32. The second kappa shape index (κ2) is 11.0. The summed E-state index contributed by atoms with van der Waals surface area (Å²) in [5.41, 5.74) is 2.94. The van der Waals surface area contributed by atoms with Gasteiger partial charge in [-0.3, -0.25) is 0 Å². The van der Waals surface area contributed by atoms with E-state index in [0.717, 1.165) is 13.0 Å². The second-order valence-corrected chi connectivity index (χ2v) is 5.59. The van der Waals surface area contributed by atoms with Crippen molar-refractivity contribution in [2.24, 2.45) is 0 Å². The Bertz CT molecular complexity index is 297. The second-order valence-electron chi connectivity index (χ2n) is 5.59. The Labute approximate surface area is 119 Å². The molecule has 0 spiro atoms. The van der Waals surface area contributed by atoms with Crippen LogP contribution in [0.25, 0.3) is 0 Å². The molecule has 0 aromatic heterocycles. The van der Waals surface area contributed by atoms with Gasteiger partial charge in [-0.25, -0.2) is 0 Å². The summed E-state index contributed by atoms with van der Waals surface area (Å²) >= 11 is 0. The molecule has 1 fully saturated rings. The van der Waals surface area contributed by atoms with E-state index >= 15 is 0 Å². The molecule has 2 heteroatoms. The summed E-state index contributed by atoms with van der Waals surface area (Å²) in [7, 11) is 7.00. The van der Waals surface area contributed by atoms with Gasteiger partial charge in [0.25, 0.3) is 0 Å². The Hall–Kier alpha value is -0.860. The summed E-state index contributed by atoms with van der Waals surface area (Å²) in [6, 6.07) is 9.10. The molecule has 0 unspecified atom stereocenters. The van der Waals surface area contributed by atoms with Crippen LogP contribution in [-0.4, -0.2) is 38.3 Å². The van der Waals surface area contributed by atoms with Crippen molar-refractivity contribution in [3.8, 4) is 0 Å². The number of aliphatic hydroxyl groups excluding tert-OH is 1. The van der Waals surface area contributed by atoms with Crippen molar-refractivity contribution >= 4 is 0 Å². The van der Waals surface area contributed by atoms with E-state index in [2.05, 4.69) is 31.2 Å². The van der Waals surface area contributed by atoms with E-state index in [1.165, 1.54) is 37.7 Å². The molecule has 1 aromatic rings. The zero-order valence-electron chi connectivity index (χ0n) is 13.3. The van der Waals surface area contributed by atoms with Crippen molar-refractivity contribution in [2.45, 2.75) is 44.9 Å². The highest BCUT2D eigenvalue weighted by Gasteiger charge is 2.14. The van der Waals surface area contributed by atoms with Gasteiger partial charge in [0.15, 0.2) is 0 Å². The van der Waals surface area contributed by atoms with Crippen molar-refractivity contribution in [3.63, 3.8) is 0 Å². The van der Waals surface area contributed by atoms with Gasteiger partial charge in [0.1, 0.15) is 0 Å². The largest absolute Gasteiger partial charge is 0.400 e. The van der Waals surface area contributed by atoms with Crippen LogP contribution in [0, 0.1) is 6.92 Å². The lowest BCUT2D eigenvalue weighted by molar-refractivity contribution is 0.399. The van der Waals surface area contributed by atoms with Gasteiger partial charge in [0.05, 0.1) is 0 Å². The molecule has 19 heavy (non-hydrogen) atoms. The number of nitrogens with zero attached hydrogens (tertiary/aromatic N) is 1. The molecule has 1 aliphatic rings. The molecule has 0 saturated heterocycles. The number of hydrogen-bond acceptors (Lipinski definition) is 2. The third kappa shape index (κ3) is 8.79. The highest BCUT2D eigenvalue weighted by molar-refractivity contribution is 5.24. The summed E-state index contributed by atoms with van der Waals surface area (Å²) in [5.74, 6) is 0.856. The Morgan fingerprint density at radius 2 is 1.32 bits per heavy atom. The molecule has 0 heterocycles. The fourth-order valence-corrected chi connectivity index (χ4v) is 2.27. The van der Waals surface area contributed by atoms with Gasteiger partial charge in [-0.05, 0) is 52.4 Å². The average Bonchev–Trinajstić information content (AvgIpc) is 2.42. The maximum absolute atomic E-state index is 7.00. The summed E-state index contributed by atoms with van der Waals surface area (Å²) in [5, 5.41) is 7.00. The lowest BCUT2D eigenvalue weighted by Crippen LogP contribution is -2.04. The van der Waals surface area contributed by atoms with E-state index in [1.807, 2.05) is 26.0 Å². The van der Waals surface area contributed by atoms with Crippen molar-refractivity contribution in [1.82, 2.24) is 4.90 Å². The molecular formula is C17H31NO. The molecule has 0 amide bonds. The Balaban J connectivity index is 0.000000467. The molecule has 2 nitrogen and oxygen atoms in total. The maximum Gasteiger partial charge on any atom is 0.0319 e. The summed E-state index contributed by atoms with van der Waals surface area (Å²) in [6.45, 7) is 2.16.